The van der Waals surface area contributed by atoms with Gasteiger partial charge in [-0.25, -0.2) is 9.97 Å². The maximum Gasteiger partial charge on any atom is 0.208 e. The van der Waals surface area contributed by atoms with Gasteiger partial charge < -0.3 is 9.80 Å². The van der Waals surface area contributed by atoms with E-state index in [1.807, 2.05) is 13.2 Å². The normalized spacial score (nSPS) is 18.5. The van der Waals surface area contributed by atoms with Gasteiger partial charge in [0.25, 0.3) is 0 Å². The molecule has 0 N–H and O–H groups in total. The zero-order valence-electron chi connectivity index (χ0n) is 13.4. The highest BCUT2D eigenvalue weighted by Gasteiger charge is 2.29. The molecular formula is C15H20N6S2. The van der Waals surface area contributed by atoms with E-state index >= 15 is 0 Å². The molecule has 1 saturated carbocycles. The fraction of sp³-hybridized carbons (Fsp3) is 0.600. The van der Waals surface area contributed by atoms with Crippen molar-refractivity contribution in [3.63, 3.8) is 0 Å². The second kappa shape index (κ2) is 6.24. The van der Waals surface area contributed by atoms with Gasteiger partial charge in [-0.3, -0.25) is 0 Å². The predicted octanol–water partition coefficient (Wildman–Crippen LogP) is 2.56. The molecule has 0 unspecified atom stereocenters. The van der Waals surface area contributed by atoms with E-state index in [1.54, 1.807) is 23.1 Å². The van der Waals surface area contributed by atoms with Crippen LogP contribution in [0.1, 0.15) is 29.5 Å². The SMILES string of the molecule is CSc1nc(C)cc(N2CCN(c3nnc(C4CC4)s3)CC2)n1. The fourth-order valence-corrected chi connectivity index (χ4v) is 4.24. The Labute approximate surface area is 144 Å². The van der Waals surface area contributed by atoms with Crippen LogP contribution in [0.15, 0.2) is 11.2 Å². The number of anilines is 2. The van der Waals surface area contributed by atoms with Crippen LogP contribution in [0.2, 0.25) is 0 Å². The summed E-state index contributed by atoms with van der Waals surface area (Å²) in [5.41, 5.74) is 1.03. The summed E-state index contributed by atoms with van der Waals surface area (Å²) in [5, 5.41) is 11.9. The van der Waals surface area contributed by atoms with E-state index in [9.17, 15) is 0 Å². The highest BCUT2D eigenvalue weighted by molar-refractivity contribution is 7.98. The van der Waals surface area contributed by atoms with E-state index < -0.39 is 0 Å². The molecule has 0 bridgehead atoms. The third kappa shape index (κ3) is 3.28. The Kier molecular flexibility index (Phi) is 4.11. The Balaban J connectivity index is 1.42. The summed E-state index contributed by atoms with van der Waals surface area (Å²) in [7, 11) is 0. The van der Waals surface area contributed by atoms with Crippen molar-refractivity contribution < 1.29 is 0 Å². The van der Waals surface area contributed by atoms with Gasteiger partial charge in [-0.15, -0.1) is 10.2 Å². The molecule has 8 heteroatoms. The summed E-state index contributed by atoms with van der Waals surface area (Å²) in [5.74, 6) is 1.73. The second-order valence-corrected chi connectivity index (χ2v) is 7.79. The molecule has 0 spiro atoms. The molecule has 2 fully saturated rings. The molecule has 0 amide bonds. The maximum absolute atomic E-state index is 4.64. The third-order valence-electron chi connectivity index (χ3n) is 4.23. The highest BCUT2D eigenvalue weighted by Crippen LogP contribution is 2.42. The maximum atomic E-state index is 4.64. The van der Waals surface area contributed by atoms with Crippen LogP contribution in [-0.2, 0) is 0 Å². The van der Waals surface area contributed by atoms with Crippen LogP contribution in [0.4, 0.5) is 10.9 Å². The van der Waals surface area contributed by atoms with Gasteiger partial charge >= 0.3 is 0 Å². The van der Waals surface area contributed by atoms with Crippen molar-refractivity contribution in [1.29, 1.82) is 0 Å². The van der Waals surface area contributed by atoms with Gasteiger partial charge in [-0.1, -0.05) is 23.1 Å². The van der Waals surface area contributed by atoms with Crippen molar-refractivity contribution in [3.8, 4) is 0 Å². The standard InChI is InChI=1S/C15H20N6S2/c1-10-9-12(17-14(16-10)22-2)20-5-7-21(8-6-20)15-19-18-13(23-15)11-3-4-11/h9,11H,3-8H2,1-2H3. The summed E-state index contributed by atoms with van der Waals surface area (Å²) in [6, 6.07) is 2.07. The Morgan fingerprint density at radius 2 is 1.83 bits per heavy atom. The molecule has 0 radical (unpaired) electrons. The van der Waals surface area contributed by atoms with E-state index in [-0.39, 0.29) is 0 Å². The Morgan fingerprint density at radius 1 is 1.09 bits per heavy atom. The van der Waals surface area contributed by atoms with Crippen LogP contribution in [0.5, 0.6) is 0 Å². The largest absolute Gasteiger partial charge is 0.353 e. The highest BCUT2D eigenvalue weighted by atomic mass is 32.2. The Hall–Kier alpha value is -1.41. The minimum Gasteiger partial charge on any atom is -0.353 e. The first kappa shape index (κ1) is 15.1. The first-order chi connectivity index (χ1) is 11.2. The average molecular weight is 349 g/mol. The summed E-state index contributed by atoms with van der Waals surface area (Å²) in [4.78, 5) is 13.8. The Bertz CT molecular complexity index is 691. The van der Waals surface area contributed by atoms with Crippen LogP contribution in [0.3, 0.4) is 0 Å². The lowest BCUT2D eigenvalue weighted by Gasteiger charge is -2.35. The zero-order chi connectivity index (χ0) is 15.8. The van der Waals surface area contributed by atoms with Gasteiger partial charge in [-0.05, 0) is 26.0 Å². The van der Waals surface area contributed by atoms with Gasteiger partial charge in [0.15, 0.2) is 5.16 Å². The first-order valence-corrected chi connectivity index (χ1v) is 10.00. The quantitative estimate of drug-likeness (QED) is 0.621. The topological polar surface area (TPSA) is 58.0 Å². The summed E-state index contributed by atoms with van der Waals surface area (Å²) in [6.07, 6.45) is 4.59. The third-order valence-corrected chi connectivity index (χ3v) is 5.93. The van der Waals surface area contributed by atoms with Crippen molar-refractivity contribution in [3.05, 3.63) is 16.8 Å². The van der Waals surface area contributed by atoms with Gasteiger partial charge in [0, 0.05) is 43.9 Å². The molecule has 2 aromatic rings. The van der Waals surface area contributed by atoms with Crippen LogP contribution >= 0.6 is 23.1 Å². The molecule has 122 valence electrons. The van der Waals surface area contributed by atoms with Crippen molar-refractivity contribution in [2.24, 2.45) is 0 Å². The summed E-state index contributed by atoms with van der Waals surface area (Å²) < 4.78 is 0. The fourth-order valence-electron chi connectivity index (χ4n) is 2.75. The number of nitrogens with zero attached hydrogens (tertiary/aromatic N) is 6. The Morgan fingerprint density at radius 3 is 2.52 bits per heavy atom. The molecule has 1 aliphatic carbocycles. The number of aryl methyl sites for hydroxylation is 1. The average Bonchev–Trinajstić information content (AvgIpc) is 3.31. The minimum absolute atomic E-state index is 0.691. The molecule has 2 aromatic heterocycles. The lowest BCUT2D eigenvalue weighted by molar-refractivity contribution is 0.639. The molecule has 3 heterocycles. The summed E-state index contributed by atoms with van der Waals surface area (Å²) >= 11 is 3.37. The number of rotatable bonds is 4. The molecular weight excluding hydrogens is 328 g/mol. The van der Waals surface area contributed by atoms with Crippen LogP contribution in [0, 0.1) is 6.92 Å². The van der Waals surface area contributed by atoms with E-state index in [4.69, 9.17) is 0 Å². The van der Waals surface area contributed by atoms with Gasteiger partial charge in [0.05, 0.1) is 0 Å². The van der Waals surface area contributed by atoms with Crippen LogP contribution in [0.25, 0.3) is 0 Å². The summed E-state index contributed by atoms with van der Waals surface area (Å²) in [6.45, 7) is 5.89. The minimum atomic E-state index is 0.691. The van der Waals surface area contributed by atoms with E-state index in [1.165, 1.54) is 17.8 Å². The monoisotopic (exact) mass is 348 g/mol. The molecule has 0 atom stereocenters. The molecule has 23 heavy (non-hydrogen) atoms. The molecule has 6 nitrogen and oxygen atoms in total. The van der Waals surface area contributed by atoms with Gasteiger partial charge in [0.1, 0.15) is 10.8 Å². The predicted molar refractivity (Wildman–Crippen MR) is 94.9 cm³/mol. The molecule has 2 aliphatic rings. The zero-order valence-corrected chi connectivity index (χ0v) is 15.0. The van der Waals surface area contributed by atoms with Crippen molar-refractivity contribution in [1.82, 2.24) is 20.2 Å². The van der Waals surface area contributed by atoms with Crippen molar-refractivity contribution >= 4 is 34.0 Å². The van der Waals surface area contributed by atoms with Crippen LogP contribution in [-0.4, -0.2) is 52.6 Å². The number of aromatic nitrogens is 4. The van der Waals surface area contributed by atoms with Crippen molar-refractivity contribution in [2.45, 2.75) is 30.8 Å². The number of piperazine rings is 1. The molecule has 1 aliphatic heterocycles. The van der Waals surface area contributed by atoms with Gasteiger partial charge in [0.2, 0.25) is 5.13 Å². The number of hydrogen-bond donors (Lipinski definition) is 0. The smallest absolute Gasteiger partial charge is 0.208 e. The number of thioether (sulfide) groups is 1. The van der Waals surface area contributed by atoms with E-state index in [2.05, 4.69) is 36.0 Å². The van der Waals surface area contributed by atoms with E-state index in [0.29, 0.717) is 5.92 Å². The lowest BCUT2D eigenvalue weighted by atomic mass is 10.3. The molecule has 0 aromatic carbocycles. The first-order valence-electron chi connectivity index (χ1n) is 7.96. The van der Waals surface area contributed by atoms with Gasteiger partial charge in [-0.2, -0.15) is 0 Å². The molecule has 4 rings (SSSR count). The van der Waals surface area contributed by atoms with Crippen LogP contribution < -0.4 is 9.80 Å². The molecule has 1 saturated heterocycles. The van der Waals surface area contributed by atoms with E-state index in [0.717, 1.165) is 48.0 Å². The second-order valence-electron chi connectivity index (χ2n) is 6.03. The van der Waals surface area contributed by atoms with Crippen molar-refractivity contribution in [2.75, 3.05) is 42.2 Å². The lowest BCUT2D eigenvalue weighted by Crippen LogP contribution is -2.46. The number of hydrogen-bond acceptors (Lipinski definition) is 8.